The molecule has 0 aliphatic rings. The van der Waals surface area contributed by atoms with Gasteiger partial charge in [-0.3, -0.25) is 14.9 Å². The van der Waals surface area contributed by atoms with Gasteiger partial charge in [-0.15, -0.1) is 11.3 Å². The SMILES string of the molecule is COCCN(C)Cc1cccc(-c2cc3nccc(C)c3s2)n1. The summed E-state index contributed by atoms with van der Waals surface area (Å²) in [6.07, 6.45) is 1.86. The molecular weight excluding hydrogens is 306 g/mol. The number of nitrogens with zero attached hydrogens (tertiary/aromatic N) is 3. The molecule has 5 heteroatoms. The summed E-state index contributed by atoms with van der Waals surface area (Å²) in [6, 6.07) is 10.4. The van der Waals surface area contributed by atoms with E-state index in [-0.39, 0.29) is 0 Å². The third-order valence-corrected chi connectivity index (χ3v) is 5.06. The number of aryl methyl sites for hydroxylation is 1. The highest BCUT2D eigenvalue weighted by atomic mass is 32.1. The molecule has 0 atom stereocenters. The highest BCUT2D eigenvalue weighted by molar-refractivity contribution is 7.22. The first-order valence-electron chi connectivity index (χ1n) is 7.66. The average molecular weight is 327 g/mol. The molecule has 0 unspecified atom stereocenters. The molecule has 0 saturated heterocycles. The maximum absolute atomic E-state index is 5.12. The standard InChI is InChI=1S/C18H21N3OS/c1-13-7-8-19-16-11-17(23-18(13)16)15-6-4-5-14(20-15)12-21(2)9-10-22-3/h4-8,11H,9-10,12H2,1-3H3. The second kappa shape index (κ2) is 7.17. The van der Waals surface area contributed by atoms with Gasteiger partial charge in [-0.05, 0) is 43.8 Å². The van der Waals surface area contributed by atoms with Crippen molar-refractivity contribution in [1.29, 1.82) is 0 Å². The Balaban J connectivity index is 1.85. The van der Waals surface area contributed by atoms with Crippen LogP contribution in [-0.4, -0.2) is 42.2 Å². The molecule has 0 fully saturated rings. The summed E-state index contributed by atoms with van der Waals surface area (Å²) < 4.78 is 6.36. The van der Waals surface area contributed by atoms with Crippen molar-refractivity contribution in [2.75, 3.05) is 27.3 Å². The van der Waals surface area contributed by atoms with E-state index in [4.69, 9.17) is 9.72 Å². The zero-order valence-electron chi connectivity index (χ0n) is 13.7. The van der Waals surface area contributed by atoms with Crippen LogP contribution in [-0.2, 0) is 11.3 Å². The molecule has 3 aromatic heterocycles. The molecule has 23 heavy (non-hydrogen) atoms. The predicted octanol–water partition coefficient (Wildman–Crippen LogP) is 3.74. The molecular formula is C18H21N3OS. The number of likely N-dealkylation sites (N-methyl/N-ethyl adjacent to an activating group) is 1. The van der Waals surface area contributed by atoms with E-state index in [2.05, 4.69) is 54.2 Å². The quantitative estimate of drug-likeness (QED) is 0.691. The van der Waals surface area contributed by atoms with Gasteiger partial charge >= 0.3 is 0 Å². The molecule has 0 aliphatic heterocycles. The molecule has 0 aliphatic carbocycles. The molecule has 0 radical (unpaired) electrons. The van der Waals surface area contributed by atoms with E-state index in [1.54, 1.807) is 18.4 Å². The molecule has 4 nitrogen and oxygen atoms in total. The summed E-state index contributed by atoms with van der Waals surface area (Å²) in [5.41, 5.74) is 4.41. The van der Waals surface area contributed by atoms with E-state index in [1.807, 2.05) is 6.20 Å². The number of pyridine rings is 2. The van der Waals surface area contributed by atoms with Crippen molar-refractivity contribution < 1.29 is 4.74 Å². The lowest BCUT2D eigenvalue weighted by Crippen LogP contribution is -2.22. The molecule has 0 spiro atoms. The molecule has 3 heterocycles. The molecule has 0 N–H and O–H groups in total. The van der Waals surface area contributed by atoms with Gasteiger partial charge in [0.05, 0.1) is 33.1 Å². The predicted molar refractivity (Wildman–Crippen MR) is 95.8 cm³/mol. The second-order valence-electron chi connectivity index (χ2n) is 5.70. The van der Waals surface area contributed by atoms with Crippen LogP contribution in [0, 0.1) is 6.92 Å². The van der Waals surface area contributed by atoms with Crippen molar-refractivity contribution >= 4 is 21.6 Å². The zero-order valence-corrected chi connectivity index (χ0v) is 14.6. The molecule has 0 amide bonds. The van der Waals surface area contributed by atoms with Gasteiger partial charge in [0.25, 0.3) is 0 Å². The van der Waals surface area contributed by atoms with Crippen LogP contribution in [0.25, 0.3) is 20.8 Å². The number of hydrogen-bond acceptors (Lipinski definition) is 5. The van der Waals surface area contributed by atoms with Gasteiger partial charge in [0.2, 0.25) is 0 Å². The summed E-state index contributed by atoms with van der Waals surface area (Å²) in [7, 11) is 3.81. The van der Waals surface area contributed by atoms with Crippen molar-refractivity contribution in [3.05, 3.63) is 47.8 Å². The van der Waals surface area contributed by atoms with Crippen molar-refractivity contribution in [3.8, 4) is 10.6 Å². The largest absolute Gasteiger partial charge is 0.383 e. The van der Waals surface area contributed by atoms with Crippen LogP contribution < -0.4 is 0 Å². The molecule has 0 bridgehead atoms. The van der Waals surface area contributed by atoms with Crippen molar-refractivity contribution in [3.63, 3.8) is 0 Å². The lowest BCUT2D eigenvalue weighted by Gasteiger charge is -2.15. The summed E-state index contributed by atoms with van der Waals surface area (Å²) in [6.45, 7) is 4.57. The van der Waals surface area contributed by atoms with E-state index in [0.717, 1.165) is 36.6 Å². The third kappa shape index (κ3) is 3.75. The zero-order chi connectivity index (χ0) is 16.2. The lowest BCUT2D eigenvalue weighted by atomic mass is 10.2. The van der Waals surface area contributed by atoms with Crippen LogP contribution in [0.5, 0.6) is 0 Å². The van der Waals surface area contributed by atoms with Crippen LogP contribution in [0.4, 0.5) is 0 Å². The van der Waals surface area contributed by atoms with Gasteiger partial charge in [-0.2, -0.15) is 0 Å². The van der Waals surface area contributed by atoms with Crippen LogP contribution in [0.2, 0.25) is 0 Å². The fourth-order valence-electron chi connectivity index (χ4n) is 2.50. The summed E-state index contributed by atoms with van der Waals surface area (Å²) >= 11 is 1.76. The Morgan fingerprint density at radius 2 is 2.13 bits per heavy atom. The summed E-state index contributed by atoms with van der Waals surface area (Å²) in [5, 5.41) is 0. The van der Waals surface area contributed by atoms with E-state index in [0.29, 0.717) is 0 Å². The van der Waals surface area contributed by atoms with E-state index in [9.17, 15) is 0 Å². The minimum Gasteiger partial charge on any atom is -0.383 e. The molecule has 120 valence electrons. The second-order valence-corrected chi connectivity index (χ2v) is 6.75. The molecule has 3 rings (SSSR count). The van der Waals surface area contributed by atoms with Gasteiger partial charge in [0, 0.05) is 26.4 Å². The van der Waals surface area contributed by atoms with Crippen molar-refractivity contribution in [2.45, 2.75) is 13.5 Å². The van der Waals surface area contributed by atoms with Gasteiger partial charge in [-0.25, -0.2) is 0 Å². The summed E-state index contributed by atoms with van der Waals surface area (Å²) in [4.78, 5) is 12.7. The van der Waals surface area contributed by atoms with Crippen LogP contribution in [0.15, 0.2) is 36.5 Å². The van der Waals surface area contributed by atoms with Gasteiger partial charge in [0.15, 0.2) is 0 Å². The van der Waals surface area contributed by atoms with Gasteiger partial charge in [-0.1, -0.05) is 6.07 Å². The van der Waals surface area contributed by atoms with Gasteiger partial charge in [0.1, 0.15) is 0 Å². The first-order valence-corrected chi connectivity index (χ1v) is 8.48. The molecule has 0 aromatic carbocycles. The van der Waals surface area contributed by atoms with E-state index < -0.39 is 0 Å². The number of rotatable bonds is 6. The maximum atomic E-state index is 5.12. The minimum atomic E-state index is 0.734. The topological polar surface area (TPSA) is 38.2 Å². The average Bonchev–Trinajstić information content (AvgIpc) is 2.99. The number of thiophene rings is 1. The van der Waals surface area contributed by atoms with Crippen molar-refractivity contribution in [2.24, 2.45) is 0 Å². The number of hydrogen-bond donors (Lipinski definition) is 0. The van der Waals surface area contributed by atoms with Crippen LogP contribution >= 0.6 is 11.3 Å². The van der Waals surface area contributed by atoms with Crippen LogP contribution in [0.3, 0.4) is 0 Å². The Labute approximate surface area is 140 Å². The Hall–Kier alpha value is -1.82. The Morgan fingerprint density at radius 3 is 2.91 bits per heavy atom. The van der Waals surface area contributed by atoms with Crippen LogP contribution in [0.1, 0.15) is 11.3 Å². The Bertz CT molecular complexity index is 800. The monoisotopic (exact) mass is 327 g/mol. The highest BCUT2D eigenvalue weighted by Crippen LogP contribution is 2.33. The highest BCUT2D eigenvalue weighted by Gasteiger charge is 2.09. The maximum Gasteiger partial charge on any atom is 0.0819 e. The Kier molecular flexibility index (Phi) is 5.00. The van der Waals surface area contributed by atoms with E-state index in [1.165, 1.54) is 15.1 Å². The fourth-order valence-corrected chi connectivity index (χ4v) is 3.55. The number of methoxy groups -OCH3 is 1. The minimum absolute atomic E-state index is 0.734. The Morgan fingerprint density at radius 1 is 1.26 bits per heavy atom. The smallest absolute Gasteiger partial charge is 0.0819 e. The summed E-state index contributed by atoms with van der Waals surface area (Å²) in [5.74, 6) is 0. The molecule has 0 saturated carbocycles. The van der Waals surface area contributed by atoms with E-state index >= 15 is 0 Å². The van der Waals surface area contributed by atoms with Crippen molar-refractivity contribution in [1.82, 2.24) is 14.9 Å². The van der Waals surface area contributed by atoms with Gasteiger partial charge < -0.3 is 4.74 Å². The first kappa shape index (κ1) is 16.1. The number of aromatic nitrogens is 2. The normalized spacial score (nSPS) is 11.5. The lowest BCUT2D eigenvalue weighted by molar-refractivity contribution is 0.158. The number of fused-ring (bicyclic) bond motifs is 1. The first-order chi connectivity index (χ1) is 11.2. The fraction of sp³-hybridized carbons (Fsp3) is 0.333. The number of ether oxygens (including phenoxy) is 1. The third-order valence-electron chi connectivity index (χ3n) is 3.78. The molecule has 3 aromatic rings.